The van der Waals surface area contributed by atoms with Gasteiger partial charge in [-0.2, -0.15) is 0 Å². The molecule has 0 atom stereocenters. The van der Waals surface area contributed by atoms with Crippen LogP contribution in [0.15, 0.2) is 42.4 Å². The molecule has 0 radical (unpaired) electrons. The summed E-state index contributed by atoms with van der Waals surface area (Å²) in [6, 6.07) is 6.94. The zero-order valence-electron chi connectivity index (χ0n) is 13.1. The number of esters is 1. The predicted molar refractivity (Wildman–Crippen MR) is 86.7 cm³/mol. The highest BCUT2D eigenvalue weighted by atomic mass is 16.5. The van der Waals surface area contributed by atoms with Gasteiger partial charge in [0.2, 0.25) is 5.78 Å². The average molecular weight is 321 g/mol. The lowest BCUT2D eigenvalue weighted by Gasteiger charge is -2.07. The van der Waals surface area contributed by atoms with E-state index in [9.17, 15) is 9.59 Å². The Kier molecular flexibility index (Phi) is 3.41. The minimum Gasteiger partial charge on any atom is -0.452 e. The summed E-state index contributed by atoms with van der Waals surface area (Å²) in [5.74, 6) is 0.706. The molecule has 0 saturated heterocycles. The number of hydrogen-bond donors (Lipinski definition) is 0. The van der Waals surface area contributed by atoms with E-state index in [2.05, 4.69) is 4.98 Å². The fourth-order valence-electron chi connectivity index (χ4n) is 2.67. The van der Waals surface area contributed by atoms with Crippen molar-refractivity contribution < 1.29 is 19.1 Å². The fourth-order valence-corrected chi connectivity index (χ4v) is 2.67. The van der Waals surface area contributed by atoms with Gasteiger partial charge in [0.15, 0.2) is 5.76 Å². The van der Waals surface area contributed by atoms with E-state index < -0.39 is 0 Å². The summed E-state index contributed by atoms with van der Waals surface area (Å²) in [6.07, 6.45) is 6.75. The second kappa shape index (κ2) is 5.60. The number of ketones is 1. The summed E-state index contributed by atoms with van der Waals surface area (Å²) in [6.45, 7) is 1.81. The molecule has 1 aliphatic carbocycles. The summed E-state index contributed by atoms with van der Waals surface area (Å²) in [7, 11) is 0. The molecular weight excluding hydrogens is 306 g/mol. The van der Waals surface area contributed by atoms with E-state index in [-0.39, 0.29) is 23.4 Å². The third-order valence-electron chi connectivity index (χ3n) is 4.05. The molecule has 0 spiro atoms. The SMILES string of the molecule is Cc1cc(OC(=O)C2CC2)cc2c1C(=O)/C(=C/c1cccnc1)O2. The number of aryl methyl sites for hydroxylation is 1. The topological polar surface area (TPSA) is 65.5 Å². The lowest BCUT2D eigenvalue weighted by Crippen LogP contribution is -2.10. The Morgan fingerprint density at radius 1 is 1.38 bits per heavy atom. The van der Waals surface area contributed by atoms with Gasteiger partial charge in [-0.25, -0.2) is 0 Å². The maximum Gasteiger partial charge on any atom is 0.314 e. The largest absolute Gasteiger partial charge is 0.452 e. The van der Waals surface area contributed by atoms with Gasteiger partial charge >= 0.3 is 5.97 Å². The van der Waals surface area contributed by atoms with Gasteiger partial charge in [-0.05, 0) is 49.1 Å². The van der Waals surface area contributed by atoms with E-state index in [4.69, 9.17) is 9.47 Å². The number of ether oxygens (including phenoxy) is 2. The Bertz CT molecular complexity index is 866. The predicted octanol–water partition coefficient (Wildman–Crippen LogP) is 3.32. The van der Waals surface area contributed by atoms with Crippen molar-refractivity contribution in [3.8, 4) is 11.5 Å². The molecule has 120 valence electrons. The number of aromatic nitrogens is 1. The number of rotatable bonds is 3. The Morgan fingerprint density at radius 2 is 2.21 bits per heavy atom. The second-order valence-corrected chi connectivity index (χ2v) is 6.03. The van der Waals surface area contributed by atoms with Crippen molar-refractivity contribution in [3.63, 3.8) is 0 Å². The van der Waals surface area contributed by atoms with E-state index in [1.54, 1.807) is 36.7 Å². The van der Waals surface area contributed by atoms with Crippen LogP contribution >= 0.6 is 0 Å². The summed E-state index contributed by atoms with van der Waals surface area (Å²) < 4.78 is 11.1. The van der Waals surface area contributed by atoms with E-state index in [0.29, 0.717) is 17.1 Å². The van der Waals surface area contributed by atoms with Gasteiger partial charge < -0.3 is 9.47 Å². The van der Waals surface area contributed by atoms with Crippen molar-refractivity contribution in [2.45, 2.75) is 19.8 Å². The normalized spacial score (nSPS) is 17.5. The lowest BCUT2D eigenvalue weighted by molar-refractivity contribution is -0.135. The number of benzene rings is 1. The second-order valence-electron chi connectivity index (χ2n) is 6.03. The van der Waals surface area contributed by atoms with E-state index in [1.165, 1.54) is 0 Å². The molecule has 1 aromatic heterocycles. The number of pyridine rings is 1. The Hall–Kier alpha value is -2.95. The van der Waals surface area contributed by atoms with Crippen molar-refractivity contribution >= 4 is 17.8 Å². The molecule has 0 amide bonds. The summed E-state index contributed by atoms with van der Waals surface area (Å²) in [4.78, 5) is 28.4. The van der Waals surface area contributed by atoms with Crippen LogP contribution < -0.4 is 9.47 Å². The van der Waals surface area contributed by atoms with E-state index in [0.717, 1.165) is 24.0 Å². The van der Waals surface area contributed by atoms with E-state index in [1.807, 2.05) is 13.0 Å². The molecule has 1 aliphatic heterocycles. The van der Waals surface area contributed by atoms with Crippen LogP contribution in [0.4, 0.5) is 0 Å². The number of carbonyl (C=O) groups is 2. The first-order chi connectivity index (χ1) is 11.6. The maximum absolute atomic E-state index is 12.6. The number of Topliss-reactive ketones (excluding diaryl/α,β-unsaturated/α-hetero) is 1. The average Bonchev–Trinajstić information content (AvgIpc) is 3.35. The van der Waals surface area contributed by atoms with Crippen molar-refractivity contribution in [2.24, 2.45) is 5.92 Å². The minimum atomic E-state index is -0.218. The monoisotopic (exact) mass is 321 g/mol. The summed E-state index contributed by atoms with van der Waals surface area (Å²) in [5, 5.41) is 0. The highest BCUT2D eigenvalue weighted by molar-refractivity contribution is 6.15. The number of allylic oxidation sites excluding steroid dienone is 1. The van der Waals surface area contributed by atoms with Crippen LogP contribution in [0.5, 0.6) is 11.5 Å². The molecule has 4 rings (SSSR count). The molecule has 24 heavy (non-hydrogen) atoms. The molecule has 1 aromatic carbocycles. The Morgan fingerprint density at radius 3 is 2.92 bits per heavy atom. The number of hydrogen-bond acceptors (Lipinski definition) is 5. The van der Waals surface area contributed by atoms with Crippen LogP contribution in [0.2, 0.25) is 0 Å². The minimum absolute atomic E-state index is 0.0159. The van der Waals surface area contributed by atoms with Crippen LogP contribution in [0.25, 0.3) is 6.08 Å². The number of fused-ring (bicyclic) bond motifs is 1. The van der Waals surface area contributed by atoms with Gasteiger partial charge in [0.05, 0.1) is 11.5 Å². The maximum atomic E-state index is 12.6. The molecule has 0 bridgehead atoms. The van der Waals surface area contributed by atoms with Gasteiger partial charge in [0.25, 0.3) is 0 Å². The molecule has 0 N–H and O–H groups in total. The highest BCUT2D eigenvalue weighted by Crippen LogP contribution is 2.38. The summed E-state index contributed by atoms with van der Waals surface area (Å²) in [5.41, 5.74) is 2.02. The highest BCUT2D eigenvalue weighted by Gasteiger charge is 2.33. The quantitative estimate of drug-likeness (QED) is 0.493. The molecule has 1 fully saturated rings. The van der Waals surface area contributed by atoms with Crippen molar-refractivity contribution in [1.29, 1.82) is 0 Å². The molecule has 0 unspecified atom stereocenters. The van der Waals surface area contributed by atoms with E-state index >= 15 is 0 Å². The molecule has 2 heterocycles. The first-order valence-corrected chi connectivity index (χ1v) is 7.82. The van der Waals surface area contributed by atoms with Gasteiger partial charge in [-0.3, -0.25) is 14.6 Å². The molecule has 1 saturated carbocycles. The molecule has 2 aromatic rings. The van der Waals surface area contributed by atoms with Crippen LogP contribution in [0.1, 0.15) is 34.3 Å². The number of nitrogens with zero attached hydrogens (tertiary/aromatic N) is 1. The zero-order chi connectivity index (χ0) is 16.7. The van der Waals surface area contributed by atoms with Crippen molar-refractivity contribution in [2.75, 3.05) is 0 Å². The van der Waals surface area contributed by atoms with Gasteiger partial charge in [0.1, 0.15) is 11.5 Å². The van der Waals surface area contributed by atoms with Gasteiger partial charge in [-0.15, -0.1) is 0 Å². The van der Waals surface area contributed by atoms with Gasteiger partial charge in [0, 0.05) is 18.5 Å². The van der Waals surface area contributed by atoms with Crippen LogP contribution in [0, 0.1) is 12.8 Å². The smallest absolute Gasteiger partial charge is 0.314 e. The first-order valence-electron chi connectivity index (χ1n) is 7.82. The molecule has 5 heteroatoms. The fraction of sp³-hybridized carbons (Fsp3) is 0.211. The van der Waals surface area contributed by atoms with Gasteiger partial charge in [-0.1, -0.05) is 6.07 Å². The van der Waals surface area contributed by atoms with Crippen molar-refractivity contribution in [1.82, 2.24) is 4.98 Å². The first kappa shape index (κ1) is 14.6. The molecule has 5 nitrogen and oxygen atoms in total. The number of carbonyl (C=O) groups excluding carboxylic acids is 2. The lowest BCUT2D eigenvalue weighted by atomic mass is 10.0. The zero-order valence-corrected chi connectivity index (χ0v) is 13.1. The Balaban J connectivity index is 1.64. The molecule has 2 aliphatic rings. The Labute approximate surface area is 138 Å². The summed E-state index contributed by atoms with van der Waals surface area (Å²) >= 11 is 0. The van der Waals surface area contributed by atoms with Crippen LogP contribution in [0.3, 0.4) is 0 Å². The third kappa shape index (κ3) is 2.69. The van der Waals surface area contributed by atoms with Crippen molar-refractivity contribution in [3.05, 3.63) is 59.1 Å². The van der Waals surface area contributed by atoms with Crippen LogP contribution in [-0.2, 0) is 4.79 Å². The molecular formula is C19H15NO4. The standard InChI is InChI=1S/C19H15NO4/c1-11-7-14(23-19(22)13-4-5-13)9-15-17(11)18(21)16(24-15)8-12-3-2-6-20-10-12/h2-3,6-10,13H,4-5H2,1H3/b16-8-. The third-order valence-corrected chi connectivity index (χ3v) is 4.05. The van der Waals surface area contributed by atoms with Crippen LogP contribution in [-0.4, -0.2) is 16.7 Å².